The van der Waals surface area contributed by atoms with Crippen LogP contribution in [-0.2, 0) is 15.6 Å². The van der Waals surface area contributed by atoms with Crippen LogP contribution < -0.4 is 11.1 Å². The van der Waals surface area contributed by atoms with Crippen LogP contribution in [0.25, 0.3) is 0 Å². The average Bonchev–Trinajstić information content (AvgIpc) is 2.36. The van der Waals surface area contributed by atoms with E-state index in [2.05, 4.69) is 5.32 Å². The van der Waals surface area contributed by atoms with Crippen molar-refractivity contribution in [3.8, 4) is 0 Å². The summed E-state index contributed by atoms with van der Waals surface area (Å²) < 4.78 is 25.2. The van der Waals surface area contributed by atoms with Crippen molar-refractivity contribution >= 4 is 22.4 Å². The van der Waals surface area contributed by atoms with E-state index in [1.54, 1.807) is 6.92 Å². The molecule has 0 radical (unpaired) electrons. The molecule has 3 N–H and O–H groups in total. The van der Waals surface area contributed by atoms with Gasteiger partial charge in [-0.25, -0.2) is 4.39 Å². The van der Waals surface area contributed by atoms with Crippen LogP contribution in [-0.4, -0.2) is 21.4 Å². The number of rotatable bonds is 5. The van der Waals surface area contributed by atoms with E-state index in [9.17, 15) is 13.4 Å². The van der Waals surface area contributed by atoms with E-state index in [1.807, 2.05) is 13.8 Å². The number of carbonyl (C=O) groups excluding carboxylic acids is 1. The predicted molar refractivity (Wildman–Crippen MR) is 74.6 cm³/mol. The second-order valence-corrected chi connectivity index (χ2v) is 6.18. The largest absolute Gasteiger partial charge is 0.398 e. The van der Waals surface area contributed by atoms with Gasteiger partial charge in [0.15, 0.2) is 0 Å². The smallest absolute Gasteiger partial charge is 0.236 e. The molecular formula is C13H19FN2O2S. The molecule has 6 heteroatoms. The number of nitrogen functional groups attached to an aromatic ring is 1. The lowest BCUT2D eigenvalue weighted by atomic mass is 10.2. The quantitative estimate of drug-likeness (QED) is 0.811. The second-order valence-electron chi connectivity index (χ2n) is 4.44. The Labute approximate surface area is 115 Å². The Balaban J connectivity index is 2.84. The van der Waals surface area contributed by atoms with E-state index in [0.717, 1.165) is 12.5 Å². The summed E-state index contributed by atoms with van der Waals surface area (Å²) in [7, 11) is -1.60. The summed E-state index contributed by atoms with van der Waals surface area (Å²) in [5, 5.41) is 2.03. The van der Waals surface area contributed by atoms with E-state index in [-0.39, 0.29) is 22.5 Å². The van der Waals surface area contributed by atoms with E-state index in [0.29, 0.717) is 0 Å². The topological polar surface area (TPSA) is 72.2 Å². The van der Waals surface area contributed by atoms with Crippen LogP contribution in [0.1, 0.15) is 27.2 Å². The molecule has 1 rings (SSSR count). The zero-order chi connectivity index (χ0) is 14.6. The lowest BCUT2D eigenvalue weighted by molar-refractivity contribution is -0.120. The van der Waals surface area contributed by atoms with Crippen LogP contribution in [0.5, 0.6) is 0 Å². The van der Waals surface area contributed by atoms with Gasteiger partial charge in [0.05, 0.1) is 21.4 Å². The molecule has 3 atom stereocenters. The number of hydrogen-bond donors (Lipinski definition) is 2. The van der Waals surface area contributed by atoms with E-state index in [1.165, 1.54) is 12.1 Å². The van der Waals surface area contributed by atoms with Gasteiger partial charge in [-0.3, -0.25) is 9.00 Å². The summed E-state index contributed by atoms with van der Waals surface area (Å²) >= 11 is 0. The molecule has 0 aliphatic heterocycles. The summed E-state index contributed by atoms with van der Waals surface area (Å²) in [4.78, 5) is 12.2. The molecule has 0 saturated carbocycles. The third kappa shape index (κ3) is 4.02. The minimum atomic E-state index is -1.60. The standard InChI is InChI=1S/C13H19FN2O2S/c1-4-8(2)16-13(17)9(3)19(18)12-6-5-10(14)7-11(12)15/h5-9H,4,15H2,1-3H3,(H,16,17). The van der Waals surface area contributed by atoms with Crippen molar-refractivity contribution in [2.24, 2.45) is 0 Å². The summed E-state index contributed by atoms with van der Waals surface area (Å²) in [6, 6.07) is 3.67. The number of benzene rings is 1. The molecule has 1 aromatic carbocycles. The SMILES string of the molecule is CCC(C)NC(=O)C(C)S(=O)c1ccc(F)cc1N. The van der Waals surface area contributed by atoms with Gasteiger partial charge in [0, 0.05) is 6.04 Å². The molecule has 0 aliphatic rings. The molecule has 4 nitrogen and oxygen atoms in total. The lowest BCUT2D eigenvalue weighted by Gasteiger charge is -2.16. The summed E-state index contributed by atoms with van der Waals surface area (Å²) in [6.07, 6.45) is 0.795. The number of nitrogens with two attached hydrogens (primary N) is 1. The Morgan fingerprint density at radius 1 is 1.47 bits per heavy atom. The monoisotopic (exact) mass is 286 g/mol. The van der Waals surface area contributed by atoms with Gasteiger partial charge < -0.3 is 11.1 Å². The van der Waals surface area contributed by atoms with Gasteiger partial charge >= 0.3 is 0 Å². The molecule has 0 heterocycles. The van der Waals surface area contributed by atoms with Crippen molar-refractivity contribution in [2.45, 2.75) is 43.4 Å². The lowest BCUT2D eigenvalue weighted by Crippen LogP contribution is -2.40. The first-order chi connectivity index (χ1) is 8.86. The van der Waals surface area contributed by atoms with Gasteiger partial charge in [0.1, 0.15) is 11.1 Å². The molecular weight excluding hydrogens is 267 g/mol. The van der Waals surface area contributed by atoms with Gasteiger partial charge in [-0.2, -0.15) is 0 Å². The molecule has 0 aliphatic carbocycles. The highest BCUT2D eigenvalue weighted by Crippen LogP contribution is 2.20. The number of anilines is 1. The Hall–Kier alpha value is -1.43. The van der Waals surface area contributed by atoms with Crippen LogP contribution in [0.15, 0.2) is 23.1 Å². The van der Waals surface area contributed by atoms with Crippen molar-refractivity contribution in [2.75, 3.05) is 5.73 Å². The van der Waals surface area contributed by atoms with Crippen molar-refractivity contribution in [1.82, 2.24) is 5.32 Å². The maximum absolute atomic E-state index is 12.9. The summed E-state index contributed by atoms with van der Waals surface area (Å²) in [6.45, 7) is 5.39. The van der Waals surface area contributed by atoms with Gasteiger partial charge in [0.2, 0.25) is 5.91 Å². The molecule has 19 heavy (non-hydrogen) atoms. The van der Waals surface area contributed by atoms with Gasteiger partial charge in [-0.1, -0.05) is 6.92 Å². The molecule has 3 unspecified atom stereocenters. The highest BCUT2D eigenvalue weighted by atomic mass is 32.2. The van der Waals surface area contributed by atoms with Crippen molar-refractivity contribution in [3.05, 3.63) is 24.0 Å². The first-order valence-electron chi connectivity index (χ1n) is 6.12. The van der Waals surface area contributed by atoms with E-state index in [4.69, 9.17) is 5.73 Å². The number of carbonyl (C=O) groups is 1. The van der Waals surface area contributed by atoms with Crippen LogP contribution in [0.4, 0.5) is 10.1 Å². The minimum absolute atomic E-state index is 0.0255. The van der Waals surface area contributed by atoms with Gasteiger partial charge in [0.25, 0.3) is 0 Å². The maximum Gasteiger partial charge on any atom is 0.236 e. The Morgan fingerprint density at radius 3 is 2.63 bits per heavy atom. The van der Waals surface area contributed by atoms with Crippen LogP contribution >= 0.6 is 0 Å². The fourth-order valence-corrected chi connectivity index (χ4v) is 2.59. The molecule has 106 valence electrons. The minimum Gasteiger partial charge on any atom is -0.398 e. The second kappa shape index (κ2) is 6.65. The maximum atomic E-state index is 12.9. The van der Waals surface area contributed by atoms with Gasteiger partial charge in [-0.15, -0.1) is 0 Å². The molecule has 0 fully saturated rings. The number of amides is 1. The molecule has 1 amide bonds. The third-order valence-electron chi connectivity index (χ3n) is 2.88. The average molecular weight is 286 g/mol. The van der Waals surface area contributed by atoms with Crippen LogP contribution in [0.3, 0.4) is 0 Å². The number of hydrogen-bond acceptors (Lipinski definition) is 3. The fourth-order valence-electron chi connectivity index (χ4n) is 1.45. The highest BCUT2D eigenvalue weighted by molar-refractivity contribution is 7.86. The number of halogens is 1. The third-order valence-corrected chi connectivity index (χ3v) is 4.54. The molecule has 0 saturated heterocycles. The fraction of sp³-hybridized carbons (Fsp3) is 0.462. The zero-order valence-electron chi connectivity index (χ0n) is 11.3. The van der Waals surface area contributed by atoms with Crippen LogP contribution in [0, 0.1) is 5.82 Å². The first-order valence-corrected chi connectivity index (χ1v) is 7.34. The first kappa shape index (κ1) is 15.6. The summed E-state index contributed by atoms with van der Waals surface area (Å²) in [5.74, 6) is -0.786. The normalized spacial score (nSPS) is 15.6. The number of nitrogens with one attached hydrogen (secondary N) is 1. The molecule has 1 aromatic rings. The van der Waals surface area contributed by atoms with Crippen LogP contribution in [0.2, 0.25) is 0 Å². The highest BCUT2D eigenvalue weighted by Gasteiger charge is 2.23. The van der Waals surface area contributed by atoms with Crippen molar-refractivity contribution < 1.29 is 13.4 Å². The van der Waals surface area contributed by atoms with E-state index < -0.39 is 21.9 Å². The van der Waals surface area contributed by atoms with Crippen molar-refractivity contribution in [3.63, 3.8) is 0 Å². The van der Waals surface area contributed by atoms with Crippen molar-refractivity contribution in [1.29, 1.82) is 0 Å². The molecule has 0 aromatic heterocycles. The Bertz CT molecular complexity index is 494. The Morgan fingerprint density at radius 2 is 2.11 bits per heavy atom. The predicted octanol–water partition coefficient (Wildman–Crippen LogP) is 1.82. The Kier molecular flexibility index (Phi) is 5.47. The molecule has 0 bridgehead atoms. The van der Waals surface area contributed by atoms with Gasteiger partial charge in [-0.05, 0) is 38.5 Å². The summed E-state index contributed by atoms with van der Waals surface area (Å²) in [5.41, 5.74) is 5.72. The molecule has 0 spiro atoms. The zero-order valence-corrected chi connectivity index (χ0v) is 12.1. The van der Waals surface area contributed by atoms with E-state index >= 15 is 0 Å².